The molecule has 5 heteroatoms. The molecule has 0 heterocycles. The van der Waals surface area contributed by atoms with Crippen molar-refractivity contribution in [3.8, 4) is 0 Å². The predicted octanol–water partition coefficient (Wildman–Crippen LogP) is 2.61. The summed E-state index contributed by atoms with van der Waals surface area (Å²) in [5.74, 6) is 0.292. The molecule has 1 N–H and O–H groups in total. The second-order valence-corrected chi connectivity index (χ2v) is 8.35. The van der Waals surface area contributed by atoms with Crippen LogP contribution in [-0.2, 0) is 10.0 Å². The molecular weight excluding hydrogens is 246 g/mol. The second-order valence-electron chi connectivity index (χ2n) is 5.89. The van der Waals surface area contributed by atoms with E-state index in [2.05, 4.69) is 25.5 Å². The first kappa shape index (κ1) is 16.2. The summed E-state index contributed by atoms with van der Waals surface area (Å²) in [7, 11) is -3.17. The minimum Gasteiger partial charge on any atom is -0.214 e. The average Bonchev–Trinajstić information content (AvgIpc) is 1.95. The number of rotatable bonds is 6. The van der Waals surface area contributed by atoms with E-state index in [1.165, 1.54) is 0 Å². The van der Waals surface area contributed by atoms with E-state index in [1.807, 2.05) is 13.8 Å². The molecule has 0 amide bonds. The lowest BCUT2D eigenvalue weighted by atomic mass is 9.90. The minimum atomic E-state index is -3.17. The largest absolute Gasteiger partial charge is 0.214 e. The number of alkyl halides is 1. The van der Waals surface area contributed by atoms with Crippen molar-refractivity contribution in [3.63, 3.8) is 0 Å². The van der Waals surface area contributed by atoms with Crippen molar-refractivity contribution in [2.45, 2.75) is 46.4 Å². The molecule has 0 aliphatic heterocycles. The van der Waals surface area contributed by atoms with Gasteiger partial charge < -0.3 is 0 Å². The molecule has 1 atom stereocenters. The normalized spacial score (nSPS) is 15.4. The fourth-order valence-electron chi connectivity index (χ4n) is 1.45. The summed E-state index contributed by atoms with van der Waals surface area (Å²) in [6, 6.07) is 0. The van der Waals surface area contributed by atoms with Crippen molar-refractivity contribution in [2.75, 3.05) is 12.3 Å². The smallest absolute Gasteiger partial charge is 0.211 e. The van der Waals surface area contributed by atoms with E-state index in [4.69, 9.17) is 11.6 Å². The van der Waals surface area contributed by atoms with E-state index in [1.54, 1.807) is 0 Å². The molecular formula is C11H24ClNO2S. The molecule has 0 aromatic heterocycles. The number of halogens is 1. The van der Waals surface area contributed by atoms with Crippen LogP contribution in [0.1, 0.15) is 41.0 Å². The van der Waals surface area contributed by atoms with Gasteiger partial charge in [-0.25, -0.2) is 13.1 Å². The third kappa shape index (κ3) is 9.43. The van der Waals surface area contributed by atoms with Crippen LogP contribution in [0.5, 0.6) is 0 Å². The number of nitrogens with one attached hydrogen (secondary N) is 1. The third-order valence-corrected chi connectivity index (χ3v) is 3.93. The van der Waals surface area contributed by atoms with Crippen molar-refractivity contribution in [2.24, 2.45) is 11.3 Å². The zero-order valence-electron chi connectivity index (χ0n) is 10.9. The monoisotopic (exact) mass is 269 g/mol. The Kier molecular flexibility index (Phi) is 6.30. The van der Waals surface area contributed by atoms with Crippen LogP contribution in [0, 0.1) is 11.3 Å². The number of hydrogen-bond donors (Lipinski definition) is 1. The summed E-state index contributed by atoms with van der Waals surface area (Å²) in [4.78, 5) is 0. The van der Waals surface area contributed by atoms with Crippen LogP contribution in [-0.4, -0.2) is 26.1 Å². The molecule has 0 aliphatic rings. The minimum absolute atomic E-state index is 0.121. The molecule has 0 saturated heterocycles. The van der Waals surface area contributed by atoms with E-state index in [-0.39, 0.29) is 22.5 Å². The summed E-state index contributed by atoms with van der Waals surface area (Å²) in [5.41, 5.74) is 0.121. The first-order chi connectivity index (χ1) is 7.02. The van der Waals surface area contributed by atoms with Crippen LogP contribution < -0.4 is 4.72 Å². The van der Waals surface area contributed by atoms with E-state index in [9.17, 15) is 8.42 Å². The molecule has 0 bridgehead atoms. The van der Waals surface area contributed by atoms with Crippen LogP contribution in [0.15, 0.2) is 0 Å². The fourth-order valence-corrected chi connectivity index (χ4v) is 3.53. The van der Waals surface area contributed by atoms with Gasteiger partial charge in [-0.05, 0) is 17.8 Å². The highest BCUT2D eigenvalue weighted by atomic mass is 35.5. The van der Waals surface area contributed by atoms with E-state index >= 15 is 0 Å². The highest BCUT2D eigenvalue weighted by molar-refractivity contribution is 7.89. The van der Waals surface area contributed by atoms with E-state index < -0.39 is 10.0 Å². The molecule has 0 fully saturated rings. The van der Waals surface area contributed by atoms with Crippen molar-refractivity contribution in [1.29, 1.82) is 0 Å². The van der Waals surface area contributed by atoms with Gasteiger partial charge >= 0.3 is 0 Å². The quantitative estimate of drug-likeness (QED) is 0.754. The number of sulfonamides is 1. The molecule has 0 spiro atoms. The molecule has 0 rings (SSSR count). The van der Waals surface area contributed by atoms with Gasteiger partial charge in [0.15, 0.2) is 0 Å². The van der Waals surface area contributed by atoms with Crippen LogP contribution in [0.4, 0.5) is 0 Å². The van der Waals surface area contributed by atoms with E-state index in [0.29, 0.717) is 6.54 Å². The fraction of sp³-hybridized carbons (Fsp3) is 1.00. The maximum absolute atomic E-state index is 11.5. The van der Waals surface area contributed by atoms with Gasteiger partial charge in [0.05, 0.1) is 5.75 Å². The Morgan fingerprint density at radius 1 is 1.25 bits per heavy atom. The topological polar surface area (TPSA) is 46.2 Å². The molecule has 16 heavy (non-hydrogen) atoms. The maximum Gasteiger partial charge on any atom is 0.211 e. The van der Waals surface area contributed by atoms with Gasteiger partial charge in [0.1, 0.15) is 0 Å². The Labute approximate surface area is 105 Å². The first-order valence-electron chi connectivity index (χ1n) is 5.63. The van der Waals surface area contributed by atoms with Crippen LogP contribution in [0.25, 0.3) is 0 Å². The van der Waals surface area contributed by atoms with Crippen molar-refractivity contribution >= 4 is 21.6 Å². The summed E-state index contributed by atoms with van der Waals surface area (Å²) in [6.45, 7) is 10.3. The highest BCUT2D eigenvalue weighted by Gasteiger charge is 2.19. The summed E-state index contributed by atoms with van der Waals surface area (Å²) in [5, 5.41) is -0.151. The van der Waals surface area contributed by atoms with E-state index in [0.717, 1.165) is 6.42 Å². The maximum atomic E-state index is 11.5. The van der Waals surface area contributed by atoms with Gasteiger partial charge in [0.25, 0.3) is 0 Å². The molecule has 1 unspecified atom stereocenters. The van der Waals surface area contributed by atoms with Gasteiger partial charge in [-0.15, -0.1) is 11.6 Å². The summed E-state index contributed by atoms with van der Waals surface area (Å²) in [6.07, 6.45) is 0.790. The highest BCUT2D eigenvalue weighted by Crippen LogP contribution is 2.23. The standard InChI is InChI=1S/C11H24ClNO2S/c1-9(2)8-16(14,15)13-7-10(12)6-11(3,4)5/h9-10,13H,6-8H2,1-5H3. The third-order valence-electron chi connectivity index (χ3n) is 1.91. The lowest BCUT2D eigenvalue weighted by molar-refractivity contribution is 0.369. The molecule has 0 aromatic carbocycles. The predicted molar refractivity (Wildman–Crippen MR) is 70.3 cm³/mol. The molecule has 0 aliphatic carbocycles. The van der Waals surface area contributed by atoms with Crippen molar-refractivity contribution < 1.29 is 8.42 Å². The molecule has 3 nitrogen and oxygen atoms in total. The molecule has 0 aromatic rings. The van der Waals surface area contributed by atoms with Crippen LogP contribution in [0.2, 0.25) is 0 Å². The number of hydrogen-bond acceptors (Lipinski definition) is 2. The van der Waals surface area contributed by atoms with Gasteiger partial charge in [-0.2, -0.15) is 0 Å². The Balaban J connectivity index is 4.06. The Morgan fingerprint density at radius 3 is 2.12 bits per heavy atom. The molecule has 0 radical (unpaired) electrons. The van der Waals surface area contributed by atoms with Gasteiger partial charge in [0, 0.05) is 11.9 Å². The second kappa shape index (κ2) is 6.22. The Bertz CT molecular complexity index is 294. The van der Waals surface area contributed by atoms with Gasteiger partial charge in [0.2, 0.25) is 10.0 Å². The van der Waals surface area contributed by atoms with Crippen molar-refractivity contribution in [3.05, 3.63) is 0 Å². The zero-order chi connectivity index (χ0) is 13.0. The Morgan fingerprint density at radius 2 is 1.75 bits per heavy atom. The molecule has 98 valence electrons. The van der Waals surface area contributed by atoms with Gasteiger partial charge in [-0.3, -0.25) is 0 Å². The molecule has 0 saturated carbocycles. The van der Waals surface area contributed by atoms with Crippen LogP contribution >= 0.6 is 11.6 Å². The zero-order valence-corrected chi connectivity index (χ0v) is 12.5. The SMILES string of the molecule is CC(C)CS(=O)(=O)NCC(Cl)CC(C)(C)C. The lowest BCUT2D eigenvalue weighted by Crippen LogP contribution is -2.34. The summed E-state index contributed by atoms with van der Waals surface area (Å²) >= 11 is 6.08. The van der Waals surface area contributed by atoms with Gasteiger partial charge in [-0.1, -0.05) is 34.6 Å². The Hall–Kier alpha value is 0.200. The lowest BCUT2D eigenvalue weighted by Gasteiger charge is -2.22. The first-order valence-corrected chi connectivity index (χ1v) is 7.72. The summed E-state index contributed by atoms with van der Waals surface area (Å²) < 4.78 is 25.6. The average molecular weight is 270 g/mol. The van der Waals surface area contributed by atoms with Crippen LogP contribution in [0.3, 0.4) is 0 Å². The van der Waals surface area contributed by atoms with Crippen molar-refractivity contribution in [1.82, 2.24) is 4.72 Å².